The van der Waals surface area contributed by atoms with Gasteiger partial charge in [-0.05, 0) is 49.7 Å². The molecule has 2 rings (SSSR count). The molecule has 0 radical (unpaired) electrons. The first kappa shape index (κ1) is 19.7. The van der Waals surface area contributed by atoms with E-state index < -0.39 is 0 Å². The fourth-order valence-electron chi connectivity index (χ4n) is 2.28. The molecular formula is C20H22N2O3S. The topological polar surface area (TPSA) is 75.3 Å². The Balaban J connectivity index is 1.85. The molecule has 0 aliphatic rings. The SMILES string of the molecule is CCC(SCC(=O)Nc1ccccc1)C(=O)Nc1ccc(C(C)=O)cc1. The number of Topliss-reactive ketones (excluding diaryl/α,β-unsaturated/α-hetero) is 1. The first-order valence-corrected chi connectivity index (χ1v) is 9.43. The third-order valence-corrected chi connectivity index (χ3v) is 5.07. The fourth-order valence-corrected chi connectivity index (χ4v) is 3.16. The van der Waals surface area contributed by atoms with E-state index in [1.807, 2.05) is 37.3 Å². The number of nitrogens with one attached hydrogen (secondary N) is 2. The Hall–Kier alpha value is -2.60. The van der Waals surface area contributed by atoms with Gasteiger partial charge in [0.15, 0.2) is 5.78 Å². The van der Waals surface area contributed by atoms with Gasteiger partial charge in [0.2, 0.25) is 11.8 Å². The van der Waals surface area contributed by atoms with E-state index in [-0.39, 0.29) is 28.6 Å². The van der Waals surface area contributed by atoms with Crippen LogP contribution < -0.4 is 10.6 Å². The standard InChI is InChI=1S/C20H22N2O3S/c1-3-18(26-13-19(24)21-16-7-5-4-6-8-16)20(25)22-17-11-9-15(10-12-17)14(2)23/h4-12,18H,3,13H2,1-2H3,(H,21,24)(H,22,25). The Morgan fingerprint density at radius 1 is 0.923 bits per heavy atom. The summed E-state index contributed by atoms with van der Waals surface area (Å²) in [5.41, 5.74) is 1.97. The van der Waals surface area contributed by atoms with Crippen LogP contribution in [0.2, 0.25) is 0 Å². The van der Waals surface area contributed by atoms with E-state index in [2.05, 4.69) is 10.6 Å². The van der Waals surface area contributed by atoms with Crippen LogP contribution in [0, 0.1) is 0 Å². The normalized spacial score (nSPS) is 11.5. The first-order chi connectivity index (χ1) is 12.5. The fraction of sp³-hybridized carbons (Fsp3) is 0.250. The number of anilines is 2. The zero-order valence-electron chi connectivity index (χ0n) is 14.8. The zero-order valence-corrected chi connectivity index (χ0v) is 15.6. The van der Waals surface area contributed by atoms with Gasteiger partial charge in [-0.2, -0.15) is 0 Å². The molecule has 0 spiro atoms. The van der Waals surface area contributed by atoms with Gasteiger partial charge in [-0.1, -0.05) is 25.1 Å². The molecule has 0 saturated heterocycles. The summed E-state index contributed by atoms with van der Waals surface area (Å²) in [4.78, 5) is 35.7. The number of ketones is 1. The summed E-state index contributed by atoms with van der Waals surface area (Å²) in [6, 6.07) is 16.0. The number of para-hydroxylation sites is 1. The molecule has 2 aromatic carbocycles. The molecule has 0 saturated carbocycles. The molecule has 6 heteroatoms. The van der Waals surface area contributed by atoms with Crippen LogP contribution in [0.5, 0.6) is 0 Å². The number of thioether (sulfide) groups is 1. The summed E-state index contributed by atoms with van der Waals surface area (Å²) in [6.07, 6.45) is 0.612. The molecule has 2 N–H and O–H groups in total. The lowest BCUT2D eigenvalue weighted by Gasteiger charge is -2.15. The molecule has 0 bridgehead atoms. The maximum absolute atomic E-state index is 12.4. The highest BCUT2D eigenvalue weighted by Gasteiger charge is 2.18. The molecular weight excluding hydrogens is 348 g/mol. The van der Waals surface area contributed by atoms with Crippen molar-refractivity contribution in [3.8, 4) is 0 Å². The lowest BCUT2D eigenvalue weighted by molar-refractivity contribution is -0.115. The Morgan fingerprint density at radius 3 is 2.12 bits per heavy atom. The second-order valence-electron chi connectivity index (χ2n) is 5.74. The summed E-state index contributed by atoms with van der Waals surface area (Å²) < 4.78 is 0. The van der Waals surface area contributed by atoms with Crippen molar-refractivity contribution in [2.45, 2.75) is 25.5 Å². The van der Waals surface area contributed by atoms with Crippen molar-refractivity contribution in [3.05, 3.63) is 60.2 Å². The number of amides is 2. The third kappa shape index (κ3) is 6.04. The van der Waals surface area contributed by atoms with Crippen LogP contribution in [-0.4, -0.2) is 28.6 Å². The molecule has 1 atom stereocenters. The molecule has 136 valence electrons. The predicted molar refractivity (Wildman–Crippen MR) is 107 cm³/mol. The molecule has 0 aliphatic heterocycles. The highest BCUT2D eigenvalue weighted by Crippen LogP contribution is 2.18. The van der Waals surface area contributed by atoms with Crippen molar-refractivity contribution in [1.29, 1.82) is 0 Å². The van der Waals surface area contributed by atoms with Crippen molar-refractivity contribution in [3.63, 3.8) is 0 Å². The first-order valence-electron chi connectivity index (χ1n) is 8.38. The number of carbonyl (C=O) groups is 3. The zero-order chi connectivity index (χ0) is 18.9. The van der Waals surface area contributed by atoms with Crippen molar-refractivity contribution >= 4 is 40.7 Å². The van der Waals surface area contributed by atoms with Crippen LogP contribution in [0.3, 0.4) is 0 Å². The average molecular weight is 370 g/mol. The maximum Gasteiger partial charge on any atom is 0.237 e. The predicted octanol–water partition coefficient (Wildman–Crippen LogP) is 3.98. The van der Waals surface area contributed by atoms with Crippen LogP contribution in [0.15, 0.2) is 54.6 Å². The van der Waals surface area contributed by atoms with E-state index in [9.17, 15) is 14.4 Å². The highest BCUT2D eigenvalue weighted by molar-refractivity contribution is 8.01. The van der Waals surface area contributed by atoms with Gasteiger partial charge in [-0.25, -0.2) is 0 Å². The smallest absolute Gasteiger partial charge is 0.237 e. The van der Waals surface area contributed by atoms with Crippen LogP contribution in [-0.2, 0) is 9.59 Å². The summed E-state index contributed by atoms with van der Waals surface area (Å²) >= 11 is 1.31. The minimum Gasteiger partial charge on any atom is -0.325 e. The van der Waals surface area contributed by atoms with Gasteiger partial charge >= 0.3 is 0 Å². The number of rotatable bonds is 8. The largest absolute Gasteiger partial charge is 0.325 e. The third-order valence-electron chi connectivity index (χ3n) is 3.70. The van der Waals surface area contributed by atoms with Gasteiger partial charge in [0.05, 0.1) is 11.0 Å². The lowest BCUT2D eigenvalue weighted by Crippen LogP contribution is -2.26. The molecule has 0 aliphatic carbocycles. The minimum absolute atomic E-state index is 0.0192. The van der Waals surface area contributed by atoms with Crippen LogP contribution >= 0.6 is 11.8 Å². The van der Waals surface area contributed by atoms with Gasteiger partial charge in [0.25, 0.3) is 0 Å². The summed E-state index contributed by atoms with van der Waals surface area (Å²) in [7, 11) is 0. The molecule has 0 aromatic heterocycles. The lowest BCUT2D eigenvalue weighted by atomic mass is 10.1. The summed E-state index contributed by atoms with van der Waals surface area (Å²) in [5.74, 6) is -0.113. The number of hydrogen-bond donors (Lipinski definition) is 2. The van der Waals surface area contributed by atoms with Gasteiger partial charge in [-0.3, -0.25) is 14.4 Å². The van der Waals surface area contributed by atoms with Crippen LogP contribution in [0.25, 0.3) is 0 Å². The quantitative estimate of drug-likeness (QED) is 0.689. The molecule has 26 heavy (non-hydrogen) atoms. The number of hydrogen-bond acceptors (Lipinski definition) is 4. The molecule has 2 aromatic rings. The summed E-state index contributed by atoms with van der Waals surface area (Å²) in [6.45, 7) is 3.41. The highest BCUT2D eigenvalue weighted by atomic mass is 32.2. The molecule has 0 fully saturated rings. The van der Waals surface area contributed by atoms with Crippen molar-refractivity contribution in [1.82, 2.24) is 0 Å². The monoisotopic (exact) mass is 370 g/mol. The molecule has 5 nitrogen and oxygen atoms in total. The Labute approximate surface area is 157 Å². The number of benzene rings is 2. The van der Waals surface area contributed by atoms with E-state index >= 15 is 0 Å². The van der Waals surface area contributed by atoms with E-state index in [0.29, 0.717) is 17.7 Å². The van der Waals surface area contributed by atoms with Gasteiger partial charge < -0.3 is 10.6 Å². The molecule has 1 unspecified atom stereocenters. The summed E-state index contributed by atoms with van der Waals surface area (Å²) in [5, 5.41) is 5.30. The van der Waals surface area contributed by atoms with Crippen molar-refractivity contribution in [2.24, 2.45) is 0 Å². The second kappa shape index (κ2) is 9.77. The molecule has 2 amide bonds. The van der Waals surface area contributed by atoms with E-state index in [1.165, 1.54) is 18.7 Å². The van der Waals surface area contributed by atoms with Crippen molar-refractivity contribution < 1.29 is 14.4 Å². The van der Waals surface area contributed by atoms with Crippen molar-refractivity contribution in [2.75, 3.05) is 16.4 Å². The van der Waals surface area contributed by atoms with E-state index in [0.717, 1.165) is 5.69 Å². The molecule has 0 heterocycles. The van der Waals surface area contributed by atoms with Gasteiger partial charge in [0.1, 0.15) is 0 Å². The second-order valence-corrected chi connectivity index (χ2v) is 6.94. The minimum atomic E-state index is -0.330. The van der Waals surface area contributed by atoms with Gasteiger partial charge in [0, 0.05) is 16.9 Å². The van der Waals surface area contributed by atoms with E-state index in [4.69, 9.17) is 0 Å². The van der Waals surface area contributed by atoms with Crippen LogP contribution in [0.4, 0.5) is 11.4 Å². The maximum atomic E-state index is 12.4. The Bertz CT molecular complexity index is 760. The van der Waals surface area contributed by atoms with Crippen LogP contribution in [0.1, 0.15) is 30.6 Å². The van der Waals surface area contributed by atoms with Gasteiger partial charge in [-0.15, -0.1) is 11.8 Å². The Morgan fingerprint density at radius 2 is 1.54 bits per heavy atom. The average Bonchev–Trinajstić information content (AvgIpc) is 2.63. The number of carbonyl (C=O) groups excluding carboxylic acids is 3. The Kier molecular flexibility index (Phi) is 7.41. The van der Waals surface area contributed by atoms with E-state index in [1.54, 1.807) is 24.3 Å².